The molecule has 2 N–H and O–H groups in total. The van der Waals surface area contributed by atoms with Crippen LogP contribution in [0.4, 0.5) is 5.69 Å². The third-order valence-electron chi connectivity index (χ3n) is 4.11. The van der Waals surface area contributed by atoms with Gasteiger partial charge in [-0.05, 0) is 57.6 Å². The summed E-state index contributed by atoms with van der Waals surface area (Å²) in [6.45, 7) is 8.55. The zero-order valence-corrected chi connectivity index (χ0v) is 13.7. The fraction of sp³-hybridized carbons (Fsp3) is 0.600. The molecule has 1 heterocycles. The number of piperazine rings is 1. The fourth-order valence-electron chi connectivity index (χ4n) is 2.66. The maximum absolute atomic E-state index is 5.74. The maximum Gasteiger partial charge on any atom is 0.0401 e. The van der Waals surface area contributed by atoms with E-state index < -0.39 is 0 Å². The van der Waals surface area contributed by atoms with Crippen LogP contribution in [-0.4, -0.2) is 43.7 Å². The molecule has 0 spiro atoms. The van der Waals surface area contributed by atoms with Crippen molar-refractivity contribution in [2.75, 3.05) is 38.1 Å². The molecule has 0 radical (unpaired) electrons. The van der Waals surface area contributed by atoms with Gasteiger partial charge in [-0.15, -0.1) is 0 Å². The van der Waals surface area contributed by atoms with Gasteiger partial charge in [0.25, 0.3) is 0 Å². The van der Waals surface area contributed by atoms with E-state index in [2.05, 4.69) is 64.8 Å². The Morgan fingerprint density at radius 3 is 2.68 bits per heavy atom. The molecule has 0 aromatic heterocycles. The highest BCUT2D eigenvalue weighted by atomic mass is 79.9. The van der Waals surface area contributed by atoms with Gasteiger partial charge in [0.1, 0.15) is 0 Å². The Hall–Kier alpha value is -0.580. The van der Waals surface area contributed by atoms with Crippen molar-refractivity contribution in [2.24, 2.45) is 5.73 Å². The molecule has 4 heteroatoms. The number of likely N-dealkylation sites (N-methyl/N-ethyl adjacent to an activating group) is 1. The number of hydrogen-bond donors (Lipinski definition) is 1. The molecule has 19 heavy (non-hydrogen) atoms. The highest BCUT2D eigenvalue weighted by Crippen LogP contribution is 2.29. The van der Waals surface area contributed by atoms with Crippen molar-refractivity contribution in [3.63, 3.8) is 0 Å². The summed E-state index contributed by atoms with van der Waals surface area (Å²) in [6, 6.07) is 6.55. The Morgan fingerprint density at radius 1 is 1.32 bits per heavy atom. The molecule has 1 aliphatic heterocycles. The quantitative estimate of drug-likeness (QED) is 0.926. The van der Waals surface area contributed by atoms with Crippen LogP contribution in [-0.2, 0) is 6.42 Å². The summed E-state index contributed by atoms with van der Waals surface area (Å²) < 4.78 is 1.13. The maximum atomic E-state index is 5.74. The van der Waals surface area contributed by atoms with Crippen LogP contribution >= 0.6 is 15.9 Å². The first-order valence-corrected chi connectivity index (χ1v) is 7.68. The van der Waals surface area contributed by atoms with Gasteiger partial charge in [0.15, 0.2) is 0 Å². The van der Waals surface area contributed by atoms with Crippen LogP contribution in [0.25, 0.3) is 0 Å². The van der Waals surface area contributed by atoms with Gasteiger partial charge in [0, 0.05) is 35.3 Å². The predicted octanol–water partition coefficient (Wildman–Crippen LogP) is 2.48. The lowest BCUT2D eigenvalue weighted by Gasteiger charge is -2.46. The minimum Gasteiger partial charge on any atom is -0.368 e. The topological polar surface area (TPSA) is 32.5 Å². The van der Waals surface area contributed by atoms with E-state index in [0.29, 0.717) is 6.54 Å². The Morgan fingerprint density at radius 2 is 2.05 bits per heavy atom. The molecular formula is C15H24BrN3. The van der Waals surface area contributed by atoms with Crippen LogP contribution in [0.3, 0.4) is 0 Å². The van der Waals surface area contributed by atoms with Crippen LogP contribution in [0.1, 0.15) is 19.4 Å². The van der Waals surface area contributed by atoms with Gasteiger partial charge < -0.3 is 10.6 Å². The van der Waals surface area contributed by atoms with E-state index >= 15 is 0 Å². The van der Waals surface area contributed by atoms with Crippen molar-refractivity contribution in [3.05, 3.63) is 28.2 Å². The summed E-state index contributed by atoms with van der Waals surface area (Å²) in [5.74, 6) is 0. The van der Waals surface area contributed by atoms with Crippen molar-refractivity contribution in [1.29, 1.82) is 0 Å². The molecule has 0 aliphatic carbocycles. The molecule has 1 aliphatic rings. The van der Waals surface area contributed by atoms with Crippen LogP contribution in [0.5, 0.6) is 0 Å². The zero-order chi connectivity index (χ0) is 14.0. The summed E-state index contributed by atoms with van der Waals surface area (Å²) in [5, 5.41) is 0. The Balaban J connectivity index is 2.26. The second-order valence-corrected chi connectivity index (χ2v) is 6.88. The highest BCUT2D eigenvalue weighted by Gasteiger charge is 2.31. The lowest BCUT2D eigenvalue weighted by atomic mass is 9.98. The van der Waals surface area contributed by atoms with Gasteiger partial charge in [-0.3, -0.25) is 4.90 Å². The summed E-state index contributed by atoms with van der Waals surface area (Å²) >= 11 is 3.55. The predicted molar refractivity (Wildman–Crippen MR) is 85.8 cm³/mol. The molecule has 1 saturated heterocycles. The van der Waals surface area contributed by atoms with Gasteiger partial charge in [0.2, 0.25) is 0 Å². The Kier molecular flexibility index (Phi) is 4.54. The minimum absolute atomic E-state index is 0.214. The van der Waals surface area contributed by atoms with Crippen LogP contribution in [0.15, 0.2) is 22.7 Å². The first-order chi connectivity index (χ1) is 8.94. The van der Waals surface area contributed by atoms with Gasteiger partial charge in [-0.25, -0.2) is 0 Å². The Labute approximate surface area is 124 Å². The third-order valence-corrected chi connectivity index (χ3v) is 4.61. The molecule has 106 valence electrons. The van der Waals surface area contributed by atoms with E-state index in [9.17, 15) is 0 Å². The number of benzene rings is 1. The molecule has 2 rings (SSSR count). The molecule has 1 aromatic rings. The van der Waals surface area contributed by atoms with Crippen LogP contribution < -0.4 is 10.6 Å². The number of nitrogens with two attached hydrogens (primary N) is 1. The molecule has 1 aromatic carbocycles. The molecule has 0 saturated carbocycles. The number of rotatable bonds is 3. The Bertz CT molecular complexity index is 445. The average molecular weight is 326 g/mol. The summed E-state index contributed by atoms with van der Waals surface area (Å²) in [6.07, 6.45) is 0.932. The van der Waals surface area contributed by atoms with E-state index in [1.54, 1.807) is 0 Å². The lowest BCUT2D eigenvalue weighted by molar-refractivity contribution is 0.139. The summed E-state index contributed by atoms with van der Waals surface area (Å²) in [5.41, 5.74) is 8.64. The number of halogens is 1. The van der Waals surface area contributed by atoms with Gasteiger partial charge in [0.05, 0.1) is 0 Å². The van der Waals surface area contributed by atoms with E-state index in [-0.39, 0.29) is 5.54 Å². The lowest BCUT2D eigenvalue weighted by Crippen LogP contribution is -2.57. The molecule has 0 unspecified atom stereocenters. The molecular weight excluding hydrogens is 302 g/mol. The third kappa shape index (κ3) is 3.30. The van der Waals surface area contributed by atoms with E-state index in [0.717, 1.165) is 30.5 Å². The van der Waals surface area contributed by atoms with E-state index in [1.165, 1.54) is 11.3 Å². The molecule has 3 nitrogen and oxygen atoms in total. The second-order valence-electron chi connectivity index (χ2n) is 5.97. The number of hydrogen-bond acceptors (Lipinski definition) is 3. The van der Waals surface area contributed by atoms with Crippen LogP contribution in [0, 0.1) is 0 Å². The normalized spacial score (nSPS) is 19.7. The number of anilines is 1. The molecule has 0 bridgehead atoms. The second kappa shape index (κ2) is 5.81. The minimum atomic E-state index is 0.214. The van der Waals surface area contributed by atoms with Crippen molar-refractivity contribution in [2.45, 2.75) is 25.8 Å². The largest absolute Gasteiger partial charge is 0.368 e. The van der Waals surface area contributed by atoms with Crippen molar-refractivity contribution < 1.29 is 0 Å². The first-order valence-electron chi connectivity index (χ1n) is 6.89. The molecule has 0 atom stereocenters. The van der Waals surface area contributed by atoms with Gasteiger partial charge in [-0.2, -0.15) is 0 Å². The monoisotopic (exact) mass is 325 g/mol. The van der Waals surface area contributed by atoms with Crippen molar-refractivity contribution >= 4 is 21.6 Å². The van der Waals surface area contributed by atoms with Gasteiger partial charge >= 0.3 is 0 Å². The smallest absolute Gasteiger partial charge is 0.0401 e. The highest BCUT2D eigenvalue weighted by molar-refractivity contribution is 9.10. The standard InChI is InChI=1S/C15H24BrN3/c1-15(2)11-19(9-8-18(15)3)14-5-4-13(16)10-12(14)6-7-17/h4-5,10H,6-9,11,17H2,1-3H3. The van der Waals surface area contributed by atoms with E-state index in [4.69, 9.17) is 5.73 Å². The summed E-state index contributed by atoms with van der Waals surface area (Å²) in [7, 11) is 2.21. The van der Waals surface area contributed by atoms with Gasteiger partial charge in [-0.1, -0.05) is 15.9 Å². The van der Waals surface area contributed by atoms with Crippen molar-refractivity contribution in [3.8, 4) is 0 Å². The molecule has 0 amide bonds. The van der Waals surface area contributed by atoms with Crippen LogP contribution in [0.2, 0.25) is 0 Å². The average Bonchev–Trinajstić information content (AvgIpc) is 2.33. The van der Waals surface area contributed by atoms with E-state index in [1.807, 2.05) is 0 Å². The SMILES string of the molecule is CN1CCN(c2ccc(Br)cc2CCN)CC1(C)C. The van der Waals surface area contributed by atoms with Crippen molar-refractivity contribution in [1.82, 2.24) is 4.90 Å². The first kappa shape index (κ1) is 14.8. The molecule has 1 fully saturated rings. The zero-order valence-electron chi connectivity index (χ0n) is 12.1. The number of nitrogens with zero attached hydrogens (tertiary/aromatic N) is 2. The summed E-state index contributed by atoms with van der Waals surface area (Å²) in [4.78, 5) is 4.93. The fourth-order valence-corrected chi connectivity index (χ4v) is 3.07.